The number of aryl methyl sites for hydroxylation is 3. The molecule has 0 atom stereocenters. The van der Waals surface area contributed by atoms with Gasteiger partial charge in [0.2, 0.25) is 0 Å². The third kappa shape index (κ3) is 2.06. The number of aromatic nitrogens is 2. The summed E-state index contributed by atoms with van der Waals surface area (Å²) in [4.78, 5) is 10.9. The van der Waals surface area contributed by atoms with Gasteiger partial charge in [0, 0.05) is 11.8 Å². The van der Waals surface area contributed by atoms with Crippen LogP contribution in [0.15, 0.2) is 24.4 Å². The second-order valence-corrected chi connectivity index (χ2v) is 4.20. The third-order valence-corrected chi connectivity index (χ3v) is 2.71. The number of benzene rings is 1. The number of carboxylic acid groups (broad SMARTS) is 1. The minimum atomic E-state index is -0.994. The van der Waals surface area contributed by atoms with E-state index in [0.29, 0.717) is 5.56 Å². The van der Waals surface area contributed by atoms with Gasteiger partial charge in [-0.15, -0.1) is 0 Å². The predicted octanol–water partition coefficient (Wildman–Crippen LogP) is 2.50. The molecule has 1 aromatic carbocycles. The molecule has 0 amide bonds. The second-order valence-electron chi connectivity index (χ2n) is 4.20. The second kappa shape index (κ2) is 4.05. The highest BCUT2D eigenvalue weighted by atomic mass is 16.4. The van der Waals surface area contributed by atoms with Crippen LogP contribution in [0.4, 0.5) is 0 Å². The standard InChI is InChI=1S/C13H14N2O2/c1-8-4-5-9(2)11(6-8)15-7-10(3)12(14-15)13(16)17/h4-7H,1-3H3,(H,16,17). The van der Waals surface area contributed by atoms with Gasteiger partial charge in [0.1, 0.15) is 0 Å². The predicted molar refractivity (Wildman–Crippen MR) is 64.7 cm³/mol. The minimum absolute atomic E-state index is 0.103. The van der Waals surface area contributed by atoms with Gasteiger partial charge in [0.25, 0.3) is 0 Å². The van der Waals surface area contributed by atoms with Crippen LogP contribution in [0.25, 0.3) is 5.69 Å². The molecule has 0 radical (unpaired) electrons. The summed E-state index contributed by atoms with van der Waals surface area (Å²) >= 11 is 0. The molecule has 4 nitrogen and oxygen atoms in total. The number of carboxylic acids is 1. The van der Waals surface area contributed by atoms with E-state index in [2.05, 4.69) is 5.10 Å². The van der Waals surface area contributed by atoms with Crippen LogP contribution in [0, 0.1) is 20.8 Å². The van der Waals surface area contributed by atoms with E-state index >= 15 is 0 Å². The Hall–Kier alpha value is -2.10. The number of rotatable bonds is 2. The SMILES string of the molecule is Cc1ccc(C)c(-n2cc(C)c(C(=O)O)n2)c1. The molecule has 0 saturated heterocycles. The first-order chi connectivity index (χ1) is 7.99. The number of aromatic carboxylic acids is 1. The van der Waals surface area contributed by atoms with Gasteiger partial charge in [0.15, 0.2) is 5.69 Å². The zero-order valence-corrected chi connectivity index (χ0v) is 10.1. The molecule has 0 bridgehead atoms. The van der Waals surface area contributed by atoms with Crippen LogP contribution in [-0.2, 0) is 0 Å². The number of carbonyl (C=O) groups is 1. The summed E-state index contributed by atoms with van der Waals surface area (Å²) < 4.78 is 1.63. The lowest BCUT2D eigenvalue weighted by Gasteiger charge is -2.06. The molecule has 1 N–H and O–H groups in total. The smallest absolute Gasteiger partial charge is 0.356 e. The van der Waals surface area contributed by atoms with Gasteiger partial charge < -0.3 is 5.11 Å². The highest BCUT2D eigenvalue weighted by Crippen LogP contribution is 2.17. The van der Waals surface area contributed by atoms with Crippen molar-refractivity contribution in [3.8, 4) is 5.69 Å². The Kier molecular flexibility index (Phi) is 2.71. The van der Waals surface area contributed by atoms with E-state index in [0.717, 1.165) is 16.8 Å². The van der Waals surface area contributed by atoms with E-state index in [9.17, 15) is 4.79 Å². The van der Waals surface area contributed by atoms with E-state index < -0.39 is 5.97 Å². The lowest BCUT2D eigenvalue weighted by atomic mass is 10.1. The molecule has 0 fully saturated rings. The summed E-state index contributed by atoms with van der Waals surface area (Å²) in [5.74, 6) is -0.994. The van der Waals surface area contributed by atoms with Crippen molar-refractivity contribution in [1.82, 2.24) is 9.78 Å². The fraction of sp³-hybridized carbons (Fsp3) is 0.231. The van der Waals surface area contributed by atoms with Gasteiger partial charge in [0.05, 0.1) is 5.69 Å². The molecule has 2 aromatic rings. The van der Waals surface area contributed by atoms with E-state index in [1.54, 1.807) is 17.8 Å². The number of hydrogen-bond donors (Lipinski definition) is 1. The zero-order chi connectivity index (χ0) is 12.6. The van der Waals surface area contributed by atoms with Crippen LogP contribution in [0.1, 0.15) is 27.2 Å². The summed E-state index contributed by atoms with van der Waals surface area (Å²) in [6.07, 6.45) is 1.74. The zero-order valence-electron chi connectivity index (χ0n) is 10.1. The Morgan fingerprint density at radius 3 is 2.53 bits per heavy atom. The van der Waals surface area contributed by atoms with Crippen LogP contribution in [0.2, 0.25) is 0 Å². The summed E-state index contributed by atoms with van der Waals surface area (Å²) in [6, 6.07) is 6.02. The van der Waals surface area contributed by atoms with E-state index in [1.807, 2.05) is 32.0 Å². The van der Waals surface area contributed by atoms with E-state index in [1.165, 1.54) is 0 Å². The Bertz CT molecular complexity index is 585. The summed E-state index contributed by atoms with van der Waals surface area (Å²) in [7, 11) is 0. The van der Waals surface area contributed by atoms with Crippen molar-refractivity contribution in [3.63, 3.8) is 0 Å². The molecule has 17 heavy (non-hydrogen) atoms. The molecule has 0 aliphatic rings. The summed E-state index contributed by atoms with van der Waals surface area (Å²) in [6.45, 7) is 5.72. The van der Waals surface area contributed by atoms with Gasteiger partial charge >= 0.3 is 5.97 Å². The monoisotopic (exact) mass is 230 g/mol. The highest BCUT2D eigenvalue weighted by Gasteiger charge is 2.13. The topological polar surface area (TPSA) is 55.1 Å². The highest BCUT2D eigenvalue weighted by molar-refractivity contribution is 5.86. The molecule has 0 aliphatic carbocycles. The summed E-state index contributed by atoms with van der Waals surface area (Å²) in [5, 5.41) is 13.1. The van der Waals surface area contributed by atoms with E-state index in [-0.39, 0.29) is 5.69 Å². The lowest BCUT2D eigenvalue weighted by molar-refractivity contribution is 0.0689. The molecular weight excluding hydrogens is 216 g/mol. The van der Waals surface area contributed by atoms with E-state index in [4.69, 9.17) is 5.11 Å². The van der Waals surface area contributed by atoms with Crippen LogP contribution >= 0.6 is 0 Å². The third-order valence-electron chi connectivity index (χ3n) is 2.71. The normalized spacial score (nSPS) is 10.5. The average molecular weight is 230 g/mol. The molecule has 1 heterocycles. The Morgan fingerprint density at radius 2 is 1.94 bits per heavy atom. The summed E-state index contributed by atoms with van der Waals surface area (Å²) in [5.41, 5.74) is 3.87. The fourth-order valence-electron chi connectivity index (χ4n) is 1.76. The first-order valence-corrected chi connectivity index (χ1v) is 5.36. The quantitative estimate of drug-likeness (QED) is 0.862. The molecule has 88 valence electrons. The first kappa shape index (κ1) is 11.4. The maximum Gasteiger partial charge on any atom is 0.356 e. The van der Waals surface area contributed by atoms with Crippen molar-refractivity contribution >= 4 is 5.97 Å². The van der Waals surface area contributed by atoms with Crippen molar-refractivity contribution in [2.75, 3.05) is 0 Å². The largest absolute Gasteiger partial charge is 0.476 e. The number of hydrogen-bond acceptors (Lipinski definition) is 2. The van der Waals surface area contributed by atoms with Gasteiger partial charge in [-0.25, -0.2) is 9.48 Å². The Balaban J connectivity index is 2.57. The van der Waals surface area contributed by atoms with Crippen LogP contribution in [-0.4, -0.2) is 20.9 Å². The molecule has 1 aromatic heterocycles. The van der Waals surface area contributed by atoms with Crippen LogP contribution in [0.5, 0.6) is 0 Å². The van der Waals surface area contributed by atoms with Crippen molar-refractivity contribution in [2.24, 2.45) is 0 Å². The molecule has 0 saturated carbocycles. The van der Waals surface area contributed by atoms with Gasteiger partial charge in [-0.05, 0) is 38.0 Å². The molecule has 0 spiro atoms. The Morgan fingerprint density at radius 1 is 1.24 bits per heavy atom. The van der Waals surface area contributed by atoms with Gasteiger partial charge in [-0.3, -0.25) is 0 Å². The maximum atomic E-state index is 10.9. The molecule has 2 rings (SSSR count). The van der Waals surface area contributed by atoms with Crippen LogP contribution in [0.3, 0.4) is 0 Å². The lowest BCUT2D eigenvalue weighted by Crippen LogP contribution is -2.03. The molecule has 0 unspecified atom stereocenters. The maximum absolute atomic E-state index is 10.9. The minimum Gasteiger partial charge on any atom is -0.476 e. The first-order valence-electron chi connectivity index (χ1n) is 5.36. The van der Waals surface area contributed by atoms with Crippen molar-refractivity contribution in [2.45, 2.75) is 20.8 Å². The van der Waals surface area contributed by atoms with Crippen LogP contribution < -0.4 is 0 Å². The fourth-order valence-corrected chi connectivity index (χ4v) is 1.76. The molecule has 0 aliphatic heterocycles. The Labute approximate surface area is 99.5 Å². The van der Waals surface area contributed by atoms with Gasteiger partial charge in [-0.1, -0.05) is 12.1 Å². The molecular formula is C13H14N2O2. The van der Waals surface area contributed by atoms with Gasteiger partial charge in [-0.2, -0.15) is 5.10 Å². The average Bonchev–Trinajstić information content (AvgIpc) is 2.64. The van der Waals surface area contributed by atoms with Crippen molar-refractivity contribution < 1.29 is 9.90 Å². The van der Waals surface area contributed by atoms with Crippen molar-refractivity contribution in [1.29, 1.82) is 0 Å². The molecule has 4 heteroatoms. The van der Waals surface area contributed by atoms with Crippen molar-refractivity contribution in [3.05, 3.63) is 46.8 Å². The number of nitrogens with zero attached hydrogens (tertiary/aromatic N) is 2.